The smallest absolute Gasteiger partial charge is 0.417 e. The third-order valence-corrected chi connectivity index (χ3v) is 6.29. The second-order valence-corrected chi connectivity index (χ2v) is 8.78. The summed E-state index contributed by atoms with van der Waals surface area (Å²) >= 11 is 0. The number of carboxylic acid groups (broad SMARTS) is 1. The number of rotatable bonds is 5. The van der Waals surface area contributed by atoms with Crippen LogP contribution < -0.4 is 10.1 Å². The van der Waals surface area contributed by atoms with Crippen LogP contribution in [0.4, 0.5) is 18.0 Å². The topological polar surface area (TPSA) is 91.8 Å². The molecule has 2 amide bonds. The van der Waals surface area contributed by atoms with Crippen molar-refractivity contribution in [2.45, 2.75) is 56.8 Å². The van der Waals surface area contributed by atoms with E-state index >= 15 is 0 Å². The van der Waals surface area contributed by atoms with E-state index in [4.69, 9.17) is 4.74 Å². The van der Waals surface area contributed by atoms with Crippen LogP contribution in [-0.4, -0.2) is 45.6 Å². The summed E-state index contributed by atoms with van der Waals surface area (Å²) in [6, 6.07) is 8.73. The Bertz CT molecular complexity index is 1090. The van der Waals surface area contributed by atoms with Crippen LogP contribution in [0.25, 0.3) is 6.08 Å². The fourth-order valence-corrected chi connectivity index (χ4v) is 4.48. The van der Waals surface area contributed by atoms with Gasteiger partial charge in [-0.3, -0.25) is 9.69 Å². The molecule has 1 aromatic carbocycles. The molecular formula is C25H26F3N3O4. The second-order valence-electron chi connectivity index (χ2n) is 8.78. The molecule has 0 spiro atoms. The van der Waals surface area contributed by atoms with Gasteiger partial charge in [0.15, 0.2) is 0 Å². The molecule has 2 aliphatic rings. The fourth-order valence-electron chi connectivity index (χ4n) is 4.48. The lowest BCUT2D eigenvalue weighted by atomic mass is 9.89. The standard InChI is InChI=1S/C25H26F3N3O4/c26-25(27,28)18-8-11-22(29-15-18)35-20-4-1-3-17(14-20)13-16-6-9-19(10-7-16)30-23(32)21-5-2-12-31(21)24(33)34/h1,3-4,8,11,13-15,19,21H,2,5-7,9-10,12H2,(H,30,32)(H,33,34)/t19?,21-/m0/s1. The van der Waals surface area contributed by atoms with Gasteiger partial charge in [-0.15, -0.1) is 0 Å². The van der Waals surface area contributed by atoms with Gasteiger partial charge in [0.05, 0.1) is 5.56 Å². The molecule has 0 radical (unpaired) electrons. The normalized spacial score (nSPS) is 20.4. The molecule has 2 aromatic rings. The van der Waals surface area contributed by atoms with Gasteiger partial charge in [0.2, 0.25) is 11.8 Å². The fraction of sp³-hybridized carbons (Fsp3) is 0.400. The molecule has 10 heteroatoms. The van der Waals surface area contributed by atoms with Gasteiger partial charge in [0, 0.05) is 24.8 Å². The summed E-state index contributed by atoms with van der Waals surface area (Å²) in [5.74, 6) is 0.318. The molecule has 1 aliphatic heterocycles. The van der Waals surface area contributed by atoms with Crippen LogP contribution >= 0.6 is 0 Å². The molecule has 1 saturated carbocycles. The molecule has 1 aliphatic carbocycles. The highest BCUT2D eigenvalue weighted by atomic mass is 19.4. The first kappa shape index (κ1) is 24.6. The van der Waals surface area contributed by atoms with Crippen LogP contribution in [0.2, 0.25) is 0 Å². The maximum Gasteiger partial charge on any atom is 0.417 e. The van der Waals surface area contributed by atoms with Crippen molar-refractivity contribution in [1.82, 2.24) is 15.2 Å². The zero-order valence-electron chi connectivity index (χ0n) is 18.9. The Morgan fingerprint density at radius 1 is 1.14 bits per heavy atom. The minimum absolute atomic E-state index is 0.0105. The number of hydrogen-bond acceptors (Lipinski definition) is 4. The largest absolute Gasteiger partial charge is 0.465 e. The molecule has 0 unspecified atom stereocenters. The van der Waals surface area contributed by atoms with E-state index in [-0.39, 0.29) is 17.8 Å². The monoisotopic (exact) mass is 489 g/mol. The van der Waals surface area contributed by atoms with E-state index in [1.165, 1.54) is 16.5 Å². The molecule has 35 heavy (non-hydrogen) atoms. The second kappa shape index (κ2) is 10.4. The minimum atomic E-state index is -4.45. The molecule has 0 bridgehead atoms. The molecule has 4 rings (SSSR count). The number of likely N-dealkylation sites (tertiary alicyclic amines) is 1. The maximum absolute atomic E-state index is 12.7. The van der Waals surface area contributed by atoms with E-state index in [2.05, 4.69) is 10.3 Å². The number of benzene rings is 1. The Balaban J connectivity index is 1.31. The van der Waals surface area contributed by atoms with Gasteiger partial charge >= 0.3 is 12.3 Å². The summed E-state index contributed by atoms with van der Waals surface area (Å²) < 4.78 is 43.7. The maximum atomic E-state index is 12.7. The van der Waals surface area contributed by atoms with Crippen LogP contribution in [0.15, 0.2) is 48.2 Å². The lowest BCUT2D eigenvalue weighted by Gasteiger charge is -2.28. The van der Waals surface area contributed by atoms with Crippen LogP contribution in [0.3, 0.4) is 0 Å². The summed E-state index contributed by atoms with van der Waals surface area (Å²) in [5.41, 5.74) is 1.28. The minimum Gasteiger partial charge on any atom is -0.465 e. The SMILES string of the molecule is O=C(NC1CCC(=Cc2cccc(Oc3ccc(C(F)(F)F)cn3)c2)CC1)[C@@H]1CCCN1C(=O)O. The Hall–Kier alpha value is -3.56. The summed E-state index contributed by atoms with van der Waals surface area (Å²) in [5, 5.41) is 12.3. The van der Waals surface area contributed by atoms with Crippen molar-refractivity contribution >= 4 is 18.1 Å². The van der Waals surface area contributed by atoms with E-state index in [0.717, 1.165) is 43.5 Å². The zero-order valence-corrected chi connectivity index (χ0v) is 18.9. The molecule has 2 N–H and O–H groups in total. The van der Waals surface area contributed by atoms with Crippen molar-refractivity contribution in [2.24, 2.45) is 0 Å². The molecule has 2 fully saturated rings. The molecule has 1 aromatic heterocycles. The number of carbonyl (C=O) groups excluding carboxylic acids is 1. The number of allylic oxidation sites excluding steroid dienone is 1. The first-order valence-corrected chi connectivity index (χ1v) is 11.5. The van der Waals surface area contributed by atoms with Gasteiger partial charge in [-0.25, -0.2) is 9.78 Å². The van der Waals surface area contributed by atoms with Crippen molar-refractivity contribution in [3.63, 3.8) is 0 Å². The summed E-state index contributed by atoms with van der Waals surface area (Å²) in [6.07, 6.45) is 1.65. The van der Waals surface area contributed by atoms with Crippen molar-refractivity contribution in [1.29, 1.82) is 0 Å². The number of aromatic nitrogens is 1. The Morgan fingerprint density at radius 2 is 1.91 bits per heavy atom. The van der Waals surface area contributed by atoms with Crippen molar-refractivity contribution < 1.29 is 32.6 Å². The van der Waals surface area contributed by atoms with E-state index in [9.17, 15) is 27.9 Å². The third kappa shape index (κ3) is 6.32. The number of ether oxygens (including phenoxy) is 1. The van der Waals surface area contributed by atoms with E-state index < -0.39 is 23.9 Å². The summed E-state index contributed by atoms with van der Waals surface area (Å²) in [4.78, 5) is 28.8. The van der Waals surface area contributed by atoms with Gasteiger partial charge in [-0.1, -0.05) is 23.8 Å². The first-order valence-electron chi connectivity index (χ1n) is 11.5. The predicted molar refractivity (Wildman–Crippen MR) is 122 cm³/mol. The molecule has 7 nitrogen and oxygen atoms in total. The molecule has 2 heterocycles. The van der Waals surface area contributed by atoms with Gasteiger partial charge in [-0.05, 0) is 62.3 Å². The van der Waals surface area contributed by atoms with Gasteiger partial charge in [-0.2, -0.15) is 13.2 Å². The average molecular weight is 489 g/mol. The van der Waals surface area contributed by atoms with E-state index in [0.29, 0.717) is 25.1 Å². The Kier molecular flexibility index (Phi) is 7.28. The molecule has 1 saturated heterocycles. The zero-order chi connectivity index (χ0) is 25.0. The highest BCUT2D eigenvalue weighted by molar-refractivity contribution is 5.86. The Labute approximate surface area is 200 Å². The van der Waals surface area contributed by atoms with Gasteiger partial charge in [0.1, 0.15) is 11.8 Å². The van der Waals surface area contributed by atoms with Gasteiger partial charge < -0.3 is 15.2 Å². The quantitative estimate of drug-likeness (QED) is 0.581. The predicted octanol–water partition coefficient (Wildman–Crippen LogP) is 5.48. The molecule has 1 atom stereocenters. The van der Waals surface area contributed by atoms with E-state index in [1.807, 2.05) is 12.1 Å². The van der Waals surface area contributed by atoms with Crippen molar-refractivity contribution in [3.8, 4) is 11.6 Å². The van der Waals surface area contributed by atoms with Crippen LogP contribution in [-0.2, 0) is 11.0 Å². The number of pyridine rings is 1. The summed E-state index contributed by atoms with van der Waals surface area (Å²) in [7, 11) is 0. The number of nitrogens with one attached hydrogen (secondary N) is 1. The number of halogens is 3. The van der Waals surface area contributed by atoms with Crippen LogP contribution in [0, 0.1) is 0 Å². The number of carbonyl (C=O) groups is 2. The van der Waals surface area contributed by atoms with Crippen LogP contribution in [0.1, 0.15) is 49.7 Å². The molecular weight excluding hydrogens is 463 g/mol. The number of amides is 2. The van der Waals surface area contributed by atoms with E-state index in [1.54, 1.807) is 18.2 Å². The summed E-state index contributed by atoms with van der Waals surface area (Å²) in [6.45, 7) is 0.392. The Morgan fingerprint density at radius 3 is 2.57 bits per heavy atom. The third-order valence-electron chi connectivity index (χ3n) is 6.29. The number of nitrogens with zero attached hydrogens (tertiary/aromatic N) is 2. The first-order chi connectivity index (χ1) is 16.7. The lowest BCUT2D eigenvalue weighted by molar-refractivity contribution is -0.137. The number of hydrogen-bond donors (Lipinski definition) is 2. The van der Waals surface area contributed by atoms with Gasteiger partial charge in [0.25, 0.3) is 0 Å². The van der Waals surface area contributed by atoms with Crippen molar-refractivity contribution in [2.75, 3.05) is 6.54 Å². The van der Waals surface area contributed by atoms with Crippen LogP contribution in [0.5, 0.6) is 11.6 Å². The highest BCUT2D eigenvalue weighted by Crippen LogP contribution is 2.31. The lowest BCUT2D eigenvalue weighted by Crippen LogP contribution is -2.48. The average Bonchev–Trinajstić information content (AvgIpc) is 3.31. The molecule has 186 valence electrons. The number of alkyl halides is 3. The van der Waals surface area contributed by atoms with Crippen molar-refractivity contribution in [3.05, 3.63) is 59.3 Å². The highest BCUT2D eigenvalue weighted by Gasteiger charge is 2.35.